The van der Waals surface area contributed by atoms with Crippen molar-refractivity contribution in [1.29, 1.82) is 0 Å². The van der Waals surface area contributed by atoms with Crippen molar-refractivity contribution in [3.8, 4) is 0 Å². The maximum Gasteiger partial charge on any atom is 0.279 e. The van der Waals surface area contributed by atoms with Gasteiger partial charge in [-0.1, -0.05) is 29.0 Å². The second kappa shape index (κ2) is 7.80. The van der Waals surface area contributed by atoms with E-state index in [-0.39, 0.29) is 5.91 Å². The summed E-state index contributed by atoms with van der Waals surface area (Å²) in [7, 11) is 0. The molecule has 3 rings (SSSR count). The highest BCUT2D eigenvalue weighted by molar-refractivity contribution is 7.98. The van der Waals surface area contributed by atoms with E-state index in [1.807, 2.05) is 32.0 Å². The van der Waals surface area contributed by atoms with Crippen LogP contribution in [0.1, 0.15) is 32.6 Å². The van der Waals surface area contributed by atoms with Crippen LogP contribution in [0.2, 0.25) is 0 Å². The third-order valence-corrected chi connectivity index (χ3v) is 6.26. The number of thiazole rings is 1. The molecule has 5 heteroatoms. The average molecular weight is 385 g/mol. The van der Waals surface area contributed by atoms with Crippen LogP contribution in [0, 0.1) is 27.7 Å². The van der Waals surface area contributed by atoms with Crippen LogP contribution in [0.5, 0.6) is 0 Å². The number of nitrogens with zero attached hydrogens (tertiary/aromatic N) is 2. The molecule has 0 atom stereocenters. The fourth-order valence-corrected chi connectivity index (χ4v) is 4.51. The number of amides is 1. The first-order valence-electron chi connectivity index (χ1n) is 8.66. The van der Waals surface area contributed by atoms with Crippen molar-refractivity contribution in [3.05, 3.63) is 63.0 Å². The van der Waals surface area contributed by atoms with Gasteiger partial charge in [0.1, 0.15) is 0 Å². The van der Waals surface area contributed by atoms with Crippen molar-refractivity contribution < 1.29 is 4.79 Å². The summed E-state index contributed by atoms with van der Waals surface area (Å²) >= 11 is 3.40. The number of aryl methyl sites for hydroxylation is 5. The second-order valence-corrected chi connectivity index (χ2v) is 8.66. The normalized spacial score (nSPS) is 12.1. The number of fused-ring (bicyclic) bond motifs is 1. The van der Waals surface area contributed by atoms with Crippen molar-refractivity contribution >= 4 is 39.2 Å². The number of aromatic nitrogens is 1. The van der Waals surface area contributed by atoms with Crippen molar-refractivity contribution in [3.63, 3.8) is 0 Å². The molecule has 0 spiro atoms. The van der Waals surface area contributed by atoms with Crippen molar-refractivity contribution in [2.24, 2.45) is 4.99 Å². The Balaban J connectivity index is 2.15. The number of carbonyl (C=O) groups is 1. The number of thioether (sulfide) groups is 1. The minimum absolute atomic E-state index is 0.166. The Morgan fingerprint density at radius 2 is 1.81 bits per heavy atom. The van der Waals surface area contributed by atoms with Gasteiger partial charge in [0, 0.05) is 17.9 Å². The van der Waals surface area contributed by atoms with E-state index >= 15 is 0 Å². The molecule has 0 N–H and O–H groups in total. The first kappa shape index (κ1) is 18.9. The lowest BCUT2D eigenvalue weighted by atomic mass is 10.1. The van der Waals surface area contributed by atoms with Gasteiger partial charge in [0.15, 0.2) is 4.80 Å². The summed E-state index contributed by atoms with van der Waals surface area (Å²) in [5, 5.41) is 0. The van der Waals surface area contributed by atoms with Crippen molar-refractivity contribution in [2.45, 2.75) is 34.2 Å². The summed E-state index contributed by atoms with van der Waals surface area (Å²) in [6, 6.07) is 10.3. The molecule has 0 radical (unpaired) electrons. The molecular weight excluding hydrogens is 360 g/mol. The predicted molar refractivity (Wildman–Crippen MR) is 113 cm³/mol. The van der Waals surface area contributed by atoms with Crippen LogP contribution in [0.15, 0.2) is 35.3 Å². The van der Waals surface area contributed by atoms with Crippen LogP contribution < -0.4 is 4.80 Å². The zero-order chi connectivity index (χ0) is 18.8. The molecule has 0 saturated heterocycles. The minimum Gasteiger partial charge on any atom is -0.315 e. The van der Waals surface area contributed by atoms with Gasteiger partial charge in [0.2, 0.25) is 0 Å². The third-order valence-electron chi connectivity index (χ3n) is 4.63. The monoisotopic (exact) mass is 384 g/mol. The molecule has 1 amide bonds. The van der Waals surface area contributed by atoms with Gasteiger partial charge < -0.3 is 4.57 Å². The molecule has 3 nitrogen and oxygen atoms in total. The van der Waals surface area contributed by atoms with Crippen LogP contribution in [-0.4, -0.2) is 22.5 Å². The first-order chi connectivity index (χ1) is 12.4. The molecule has 26 heavy (non-hydrogen) atoms. The van der Waals surface area contributed by atoms with Crippen LogP contribution in [-0.2, 0) is 6.54 Å². The van der Waals surface area contributed by atoms with Gasteiger partial charge >= 0.3 is 0 Å². The molecular formula is C21H24N2OS2. The Labute approximate surface area is 162 Å². The summed E-state index contributed by atoms with van der Waals surface area (Å²) in [5.41, 5.74) is 6.50. The van der Waals surface area contributed by atoms with Gasteiger partial charge in [-0.2, -0.15) is 16.8 Å². The lowest BCUT2D eigenvalue weighted by molar-refractivity contribution is 0.0997. The minimum atomic E-state index is -0.166. The first-order valence-corrected chi connectivity index (χ1v) is 10.9. The summed E-state index contributed by atoms with van der Waals surface area (Å²) in [6.45, 7) is 9.10. The van der Waals surface area contributed by atoms with Crippen molar-refractivity contribution in [2.75, 3.05) is 12.0 Å². The van der Waals surface area contributed by atoms with Gasteiger partial charge in [-0.3, -0.25) is 4.79 Å². The number of benzene rings is 2. The Morgan fingerprint density at radius 1 is 1.08 bits per heavy atom. The van der Waals surface area contributed by atoms with E-state index in [1.165, 1.54) is 21.3 Å². The molecule has 3 aromatic rings. The molecule has 0 aliphatic carbocycles. The Bertz CT molecular complexity index is 1040. The quantitative estimate of drug-likeness (QED) is 0.631. The smallest absolute Gasteiger partial charge is 0.279 e. The van der Waals surface area contributed by atoms with Crippen LogP contribution in [0.4, 0.5) is 0 Å². The molecule has 2 aromatic carbocycles. The van der Waals surface area contributed by atoms with Gasteiger partial charge in [-0.05, 0) is 68.8 Å². The topological polar surface area (TPSA) is 34.4 Å². The fraction of sp³-hybridized carbons (Fsp3) is 0.333. The molecule has 0 bridgehead atoms. The second-order valence-electron chi connectivity index (χ2n) is 6.67. The van der Waals surface area contributed by atoms with E-state index in [9.17, 15) is 4.79 Å². The standard InChI is InChI=1S/C21H24N2OS2/c1-13-6-7-17(16(4)10-13)20(24)22-21-23(8-9-25-5)18-11-14(2)15(3)12-19(18)26-21/h6-7,10-12H,8-9H2,1-5H3. The SMILES string of the molecule is CSCCn1c(=NC(=O)c2ccc(C)cc2C)sc2cc(C)c(C)cc21. The Morgan fingerprint density at radius 3 is 2.50 bits per heavy atom. The van der Waals surface area contributed by atoms with E-state index < -0.39 is 0 Å². The van der Waals surface area contributed by atoms with E-state index in [4.69, 9.17) is 0 Å². The number of hydrogen-bond acceptors (Lipinski definition) is 3. The van der Waals surface area contributed by atoms with Gasteiger partial charge in [0.05, 0.1) is 10.2 Å². The highest BCUT2D eigenvalue weighted by Crippen LogP contribution is 2.22. The van der Waals surface area contributed by atoms with Crippen LogP contribution in [0.3, 0.4) is 0 Å². The van der Waals surface area contributed by atoms with Crippen LogP contribution >= 0.6 is 23.1 Å². The van der Waals surface area contributed by atoms with Gasteiger partial charge in [-0.25, -0.2) is 0 Å². The number of carbonyl (C=O) groups excluding carboxylic acids is 1. The molecule has 0 aliphatic heterocycles. The highest BCUT2D eigenvalue weighted by atomic mass is 32.2. The molecule has 136 valence electrons. The summed E-state index contributed by atoms with van der Waals surface area (Å²) < 4.78 is 3.37. The molecule has 0 aliphatic rings. The van der Waals surface area contributed by atoms with Gasteiger partial charge in [0.25, 0.3) is 5.91 Å². The summed E-state index contributed by atoms with van der Waals surface area (Å²) in [4.78, 5) is 18.1. The molecule has 1 aromatic heterocycles. The molecule has 0 fully saturated rings. The van der Waals surface area contributed by atoms with Crippen LogP contribution in [0.25, 0.3) is 10.2 Å². The largest absolute Gasteiger partial charge is 0.315 e. The zero-order valence-electron chi connectivity index (χ0n) is 15.9. The molecule has 0 unspecified atom stereocenters. The van der Waals surface area contributed by atoms with E-state index in [0.717, 1.165) is 28.2 Å². The lowest BCUT2D eigenvalue weighted by Gasteiger charge is -2.06. The van der Waals surface area contributed by atoms with Crippen molar-refractivity contribution in [1.82, 2.24) is 4.57 Å². The van der Waals surface area contributed by atoms with E-state index in [1.54, 1.807) is 23.1 Å². The van der Waals surface area contributed by atoms with Gasteiger partial charge in [-0.15, -0.1) is 0 Å². The lowest BCUT2D eigenvalue weighted by Crippen LogP contribution is -2.18. The average Bonchev–Trinajstić information content (AvgIpc) is 2.89. The molecule has 1 heterocycles. The highest BCUT2D eigenvalue weighted by Gasteiger charge is 2.12. The van der Waals surface area contributed by atoms with E-state index in [0.29, 0.717) is 5.56 Å². The zero-order valence-corrected chi connectivity index (χ0v) is 17.6. The maximum absolute atomic E-state index is 12.8. The van der Waals surface area contributed by atoms with E-state index in [2.05, 4.69) is 41.8 Å². The molecule has 0 saturated carbocycles. The Kier molecular flexibility index (Phi) is 5.68. The number of rotatable bonds is 4. The Hall–Kier alpha value is -1.85. The maximum atomic E-state index is 12.8. The number of hydrogen-bond donors (Lipinski definition) is 0. The summed E-state index contributed by atoms with van der Waals surface area (Å²) in [6.07, 6.45) is 2.10. The third kappa shape index (κ3) is 3.79. The predicted octanol–water partition coefficient (Wildman–Crippen LogP) is 5.04. The summed E-state index contributed by atoms with van der Waals surface area (Å²) in [5.74, 6) is 0.823. The fourth-order valence-electron chi connectivity index (χ4n) is 3.01.